The van der Waals surface area contributed by atoms with Crippen LogP contribution in [0.4, 0.5) is 0 Å². The van der Waals surface area contributed by atoms with E-state index in [-0.39, 0.29) is 0 Å². The fraction of sp³-hybridized carbons (Fsp3) is 0.556. The van der Waals surface area contributed by atoms with Gasteiger partial charge in [0.05, 0.1) is 11.4 Å². The zero-order valence-electron chi connectivity index (χ0n) is 8.48. The molecule has 0 aliphatic carbocycles. The van der Waals surface area contributed by atoms with Gasteiger partial charge in [0, 0.05) is 12.4 Å². The first kappa shape index (κ1) is 9.82. The molecule has 0 bridgehead atoms. The van der Waals surface area contributed by atoms with Gasteiger partial charge < -0.3 is 0 Å². The maximum absolute atomic E-state index is 3.93. The zero-order chi connectivity index (χ0) is 10.3. The smallest absolute Gasteiger partial charge is 0.0824 e. The van der Waals surface area contributed by atoms with Crippen molar-refractivity contribution in [1.82, 2.24) is 30.8 Å². The Kier molecular flexibility index (Phi) is 3.43. The second kappa shape index (κ2) is 5.23. The fourth-order valence-electron chi connectivity index (χ4n) is 1.48. The topological polar surface area (TPSA) is 83.1 Å². The van der Waals surface area contributed by atoms with Crippen molar-refractivity contribution in [3.8, 4) is 0 Å². The molecule has 6 nitrogen and oxygen atoms in total. The number of aromatic amines is 2. The lowest BCUT2D eigenvalue weighted by molar-refractivity contribution is 0.663. The summed E-state index contributed by atoms with van der Waals surface area (Å²) in [6, 6.07) is 0. The Bertz CT molecular complexity index is 316. The zero-order valence-corrected chi connectivity index (χ0v) is 8.48. The van der Waals surface area contributed by atoms with Crippen LogP contribution in [0.5, 0.6) is 0 Å². The normalized spacial score (nSPS) is 10.7. The minimum absolute atomic E-state index is 0.995. The van der Waals surface area contributed by atoms with Crippen LogP contribution in [-0.2, 0) is 12.8 Å². The van der Waals surface area contributed by atoms with Gasteiger partial charge in [0.25, 0.3) is 0 Å². The van der Waals surface area contributed by atoms with Crippen LogP contribution in [0.2, 0.25) is 0 Å². The van der Waals surface area contributed by atoms with Crippen molar-refractivity contribution in [3.63, 3.8) is 0 Å². The van der Waals surface area contributed by atoms with Gasteiger partial charge in [-0.05, 0) is 25.7 Å². The highest BCUT2D eigenvalue weighted by Crippen LogP contribution is 2.05. The van der Waals surface area contributed by atoms with Crippen LogP contribution in [0, 0.1) is 0 Å². The van der Waals surface area contributed by atoms with Crippen molar-refractivity contribution in [2.45, 2.75) is 32.1 Å². The molecule has 6 heteroatoms. The molecule has 80 valence electrons. The molecular weight excluding hydrogens is 192 g/mol. The molecule has 15 heavy (non-hydrogen) atoms. The SMILES string of the molecule is c1[nH]nnc1CCCCCc1c[nH]nn1. The Morgan fingerprint density at radius 1 is 0.800 bits per heavy atom. The molecule has 2 N–H and O–H groups in total. The number of hydrogen-bond acceptors (Lipinski definition) is 4. The molecule has 0 aliphatic rings. The highest BCUT2D eigenvalue weighted by molar-refractivity contribution is 4.91. The minimum Gasteiger partial charge on any atom is -0.265 e. The standard InChI is InChI=1S/C9H14N6/c1(2-4-8-6-10-14-12-8)3-5-9-7-11-15-13-9/h6-7H,1-5H2,(H,10,12,14)(H,11,13,15). The maximum Gasteiger partial charge on any atom is 0.0824 e. The lowest BCUT2D eigenvalue weighted by atomic mass is 10.1. The summed E-state index contributed by atoms with van der Waals surface area (Å²) >= 11 is 0. The van der Waals surface area contributed by atoms with Crippen molar-refractivity contribution >= 4 is 0 Å². The van der Waals surface area contributed by atoms with Crippen LogP contribution in [-0.4, -0.2) is 30.8 Å². The average Bonchev–Trinajstić information content (AvgIpc) is 2.88. The van der Waals surface area contributed by atoms with Gasteiger partial charge in [0.15, 0.2) is 0 Å². The summed E-state index contributed by atoms with van der Waals surface area (Å²) in [4.78, 5) is 0. The van der Waals surface area contributed by atoms with E-state index in [4.69, 9.17) is 0 Å². The summed E-state index contributed by atoms with van der Waals surface area (Å²) in [5, 5.41) is 20.6. The molecule has 0 spiro atoms. The molecule has 2 heterocycles. The molecule has 0 aliphatic heterocycles. The summed E-state index contributed by atoms with van der Waals surface area (Å²) in [6.07, 6.45) is 9.15. The monoisotopic (exact) mass is 206 g/mol. The van der Waals surface area contributed by atoms with E-state index in [2.05, 4.69) is 30.8 Å². The van der Waals surface area contributed by atoms with Gasteiger partial charge in [-0.25, -0.2) is 0 Å². The summed E-state index contributed by atoms with van der Waals surface area (Å²) < 4.78 is 0. The molecule has 2 aromatic heterocycles. The molecular formula is C9H14N6. The maximum atomic E-state index is 3.93. The predicted molar refractivity (Wildman–Crippen MR) is 54.0 cm³/mol. The number of hydrogen-bond donors (Lipinski definition) is 2. The van der Waals surface area contributed by atoms with E-state index in [1.54, 1.807) is 0 Å². The lowest BCUT2D eigenvalue weighted by Crippen LogP contribution is -1.89. The van der Waals surface area contributed by atoms with Crippen LogP contribution in [0.15, 0.2) is 12.4 Å². The van der Waals surface area contributed by atoms with Gasteiger partial charge in [-0.2, -0.15) is 0 Å². The molecule has 0 unspecified atom stereocenters. The summed E-state index contributed by atoms with van der Waals surface area (Å²) in [6.45, 7) is 0. The fourth-order valence-corrected chi connectivity index (χ4v) is 1.48. The molecule has 0 amide bonds. The van der Waals surface area contributed by atoms with Crippen LogP contribution in [0.1, 0.15) is 30.7 Å². The first-order valence-electron chi connectivity index (χ1n) is 5.16. The van der Waals surface area contributed by atoms with E-state index < -0.39 is 0 Å². The van der Waals surface area contributed by atoms with Gasteiger partial charge in [-0.1, -0.05) is 16.8 Å². The van der Waals surface area contributed by atoms with Crippen molar-refractivity contribution in [2.24, 2.45) is 0 Å². The van der Waals surface area contributed by atoms with Crippen molar-refractivity contribution < 1.29 is 0 Å². The Balaban J connectivity index is 1.56. The second-order valence-corrected chi connectivity index (χ2v) is 3.49. The third kappa shape index (κ3) is 3.16. The molecule has 0 aromatic carbocycles. The number of rotatable bonds is 6. The van der Waals surface area contributed by atoms with Crippen LogP contribution < -0.4 is 0 Å². The van der Waals surface area contributed by atoms with Crippen LogP contribution >= 0.6 is 0 Å². The highest BCUT2D eigenvalue weighted by Gasteiger charge is 1.98. The molecule has 0 fully saturated rings. The van der Waals surface area contributed by atoms with Gasteiger partial charge in [-0.3, -0.25) is 10.2 Å². The molecule has 0 radical (unpaired) electrons. The number of aryl methyl sites for hydroxylation is 2. The van der Waals surface area contributed by atoms with Crippen LogP contribution in [0.3, 0.4) is 0 Å². The number of H-pyrrole nitrogens is 2. The molecule has 0 saturated heterocycles. The van der Waals surface area contributed by atoms with Crippen LogP contribution in [0.25, 0.3) is 0 Å². The Labute approximate surface area is 87.5 Å². The lowest BCUT2D eigenvalue weighted by Gasteiger charge is -1.96. The van der Waals surface area contributed by atoms with E-state index in [1.807, 2.05) is 12.4 Å². The largest absolute Gasteiger partial charge is 0.265 e. The quantitative estimate of drug-likeness (QED) is 0.687. The van der Waals surface area contributed by atoms with Gasteiger partial charge in [-0.15, -0.1) is 10.2 Å². The minimum atomic E-state index is 0.995. The van der Waals surface area contributed by atoms with E-state index >= 15 is 0 Å². The van der Waals surface area contributed by atoms with E-state index in [1.165, 1.54) is 6.42 Å². The number of nitrogens with zero attached hydrogens (tertiary/aromatic N) is 4. The van der Waals surface area contributed by atoms with Crippen molar-refractivity contribution in [3.05, 3.63) is 23.8 Å². The summed E-state index contributed by atoms with van der Waals surface area (Å²) in [7, 11) is 0. The van der Waals surface area contributed by atoms with E-state index in [0.717, 1.165) is 37.1 Å². The second-order valence-electron chi connectivity index (χ2n) is 3.49. The van der Waals surface area contributed by atoms with Crippen molar-refractivity contribution in [1.29, 1.82) is 0 Å². The van der Waals surface area contributed by atoms with Crippen molar-refractivity contribution in [2.75, 3.05) is 0 Å². The number of unbranched alkanes of at least 4 members (excludes halogenated alkanes) is 2. The molecule has 2 aromatic rings. The third-order valence-electron chi connectivity index (χ3n) is 2.30. The highest BCUT2D eigenvalue weighted by atomic mass is 15.3. The van der Waals surface area contributed by atoms with Gasteiger partial charge >= 0.3 is 0 Å². The van der Waals surface area contributed by atoms with Gasteiger partial charge in [0.1, 0.15) is 0 Å². The summed E-state index contributed by atoms with van der Waals surface area (Å²) in [5.74, 6) is 0. The Morgan fingerprint density at radius 2 is 1.33 bits per heavy atom. The number of nitrogens with one attached hydrogen (secondary N) is 2. The molecule has 0 saturated carbocycles. The third-order valence-corrected chi connectivity index (χ3v) is 2.30. The van der Waals surface area contributed by atoms with E-state index in [9.17, 15) is 0 Å². The molecule has 0 atom stereocenters. The first-order valence-corrected chi connectivity index (χ1v) is 5.16. The van der Waals surface area contributed by atoms with E-state index in [0.29, 0.717) is 0 Å². The Morgan fingerprint density at radius 3 is 1.73 bits per heavy atom. The Hall–Kier alpha value is -1.72. The molecule has 2 rings (SSSR count). The predicted octanol–water partition coefficient (Wildman–Crippen LogP) is 0.878. The average molecular weight is 206 g/mol. The van der Waals surface area contributed by atoms with Gasteiger partial charge in [0.2, 0.25) is 0 Å². The summed E-state index contributed by atoms with van der Waals surface area (Å²) in [5.41, 5.74) is 2.08. The first-order chi connectivity index (χ1) is 7.45. The number of aromatic nitrogens is 6.